The van der Waals surface area contributed by atoms with E-state index in [9.17, 15) is 14.4 Å². The van der Waals surface area contributed by atoms with E-state index in [-0.39, 0.29) is 30.3 Å². The second-order valence-electron chi connectivity index (χ2n) is 6.92. The Balaban J connectivity index is 1.62. The van der Waals surface area contributed by atoms with Gasteiger partial charge in [0, 0.05) is 11.3 Å². The monoisotopic (exact) mass is 385 g/mol. The molecule has 27 heavy (non-hydrogen) atoms. The van der Waals surface area contributed by atoms with Gasteiger partial charge < -0.3 is 10.6 Å². The highest BCUT2D eigenvalue weighted by Crippen LogP contribution is 2.25. The van der Waals surface area contributed by atoms with Crippen molar-refractivity contribution in [3.8, 4) is 0 Å². The summed E-state index contributed by atoms with van der Waals surface area (Å²) < 4.78 is 0. The summed E-state index contributed by atoms with van der Waals surface area (Å²) in [5.74, 6) is -0.510. The SMILES string of the molecule is CC(C)[C@H](NC(=O)CN1C(=O)N[C@@H](Cc2ccccc2)C1=O)c1cccs1. The van der Waals surface area contributed by atoms with Gasteiger partial charge in [0.2, 0.25) is 5.91 Å². The summed E-state index contributed by atoms with van der Waals surface area (Å²) in [7, 11) is 0. The van der Waals surface area contributed by atoms with Crippen LogP contribution in [0.4, 0.5) is 4.79 Å². The number of nitrogens with zero attached hydrogens (tertiary/aromatic N) is 1. The molecule has 2 atom stereocenters. The molecular formula is C20H23N3O3S. The maximum Gasteiger partial charge on any atom is 0.325 e. The van der Waals surface area contributed by atoms with Crippen molar-refractivity contribution in [2.75, 3.05) is 6.54 Å². The zero-order chi connectivity index (χ0) is 19.4. The summed E-state index contributed by atoms with van der Waals surface area (Å²) in [6.07, 6.45) is 0.410. The molecule has 4 amide bonds. The first-order chi connectivity index (χ1) is 13.0. The lowest BCUT2D eigenvalue weighted by Gasteiger charge is -2.22. The third kappa shape index (κ3) is 4.54. The van der Waals surface area contributed by atoms with E-state index in [2.05, 4.69) is 10.6 Å². The number of amides is 4. The minimum atomic E-state index is -0.633. The van der Waals surface area contributed by atoms with Gasteiger partial charge in [0.05, 0.1) is 6.04 Å². The maximum atomic E-state index is 12.6. The van der Waals surface area contributed by atoms with Crippen LogP contribution in [0.3, 0.4) is 0 Å². The largest absolute Gasteiger partial charge is 0.347 e. The Bertz CT molecular complexity index is 805. The lowest BCUT2D eigenvalue weighted by Crippen LogP contribution is -2.43. The molecule has 0 radical (unpaired) electrons. The molecule has 0 spiro atoms. The fourth-order valence-corrected chi connectivity index (χ4v) is 4.06. The Morgan fingerprint density at radius 1 is 1.19 bits per heavy atom. The zero-order valence-corrected chi connectivity index (χ0v) is 16.2. The number of rotatable bonds is 7. The van der Waals surface area contributed by atoms with Crippen LogP contribution in [0.5, 0.6) is 0 Å². The first kappa shape index (κ1) is 19.1. The van der Waals surface area contributed by atoms with Gasteiger partial charge in [0.15, 0.2) is 0 Å². The molecule has 1 aromatic carbocycles. The molecule has 3 rings (SSSR count). The van der Waals surface area contributed by atoms with Crippen molar-refractivity contribution in [3.05, 3.63) is 58.3 Å². The summed E-state index contributed by atoms with van der Waals surface area (Å²) >= 11 is 1.57. The molecule has 2 heterocycles. The Labute approximate surface area is 162 Å². The predicted octanol–water partition coefficient (Wildman–Crippen LogP) is 2.72. The van der Waals surface area contributed by atoms with Crippen molar-refractivity contribution in [2.24, 2.45) is 5.92 Å². The lowest BCUT2D eigenvalue weighted by molar-refractivity contribution is -0.132. The van der Waals surface area contributed by atoms with E-state index in [0.29, 0.717) is 6.42 Å². The number of carbonyl (C=O) groups excluding carboxylic acids is 3. The molecule has 1 fully saturated rings. The molecule has 1 aromatic heterocycles. The van der Waals surface area contributed by atoms with Gasteiger partial charge in [-0.3, -0.25) is 14.5 Å². The van der Waals surface area contributed by atoms with Gasteiger partial charge in [-0.2, -0.15) is 0 Å². The average molecular weight is 385 g/mol. The van der Waals surface area contributed by atoms with E-state index in [4.69, 9.17) is 0 Å². The van der Waals surface area contributed by atoms with E-state index in [1.165, 1.54) is 0 Å². The number of carbonyl (C=O) groups is 3. The summed E-state index contributed by atoms with van der Waals surface area (Å²) in [6, 6.07) is 12.1. The quantitative estimate of drug-likeness (QED) is 0.720. The normalized spacial score (nSPS) is 17.9. The van der Waals surface area contributed by atoms with Gasteiger partial charge in [-0.1, -0.05) is 50.2 Å². The second kappa shape index (κ2) is 8.35. The van der Waals surface area contributed by atoms with Crippen LogP contribution in [0.1, 0.15) is 30.3 Å². The molecule has 142 valence electrons. The Hall–Kier alpha value is -2.67. The average Bonchev–Trinajstić information content (AvgIpc) is 3.25. The standard InChI is InChI=1S/C20H23N3O3S/c1-13(2)18(16-9-6-10-27-16)22-17(24)12-23-19(25)15(21-20(23)26)11-14-7-4-3-5-8-14/h3-10,13,15,18H,11-12H2,1-2H3,(H,21,26)(H,22,24)/t15-,18-/m0/s1. The van der Waals surface area contributed by atoms with Crippen molar-refractivity contribution in [2.45, 2.75) is 32.4 Å². The van der Waals surface area contributed by atoms with Crippen LogP contribution in [-0.2, 0) is 16.0 Å². The molecule has 1 aliphatic rings. The Kier molecular flexibility index (Phi) is 5.91. The number of nitrogens with one attached hydrogen (secondary N) is 2. The van der Waals surface area contributed by atoms with E-state index in [0.717, 1.165) is 15.3 Å². The number of urea groups is 1. The van der Waals surface area contributed by atoms with E-state index in [1.54, 1.807) is 11.3 Å². The molecule has 0 aliphatic carbocycles. The van der Waals surface area contributed by atoms with E-state index < -0.39 is 12.1 Å². The number of thiophene rings is 1. The van der Waals surface area contributed by atoms with Crippen LogP contribution in [0, 0.1) is 5.92 Å². The molecule has 1 saturated heterocycles. The van der Waals surface area contributed by atoms with Crippen LogP contribution in [0.15, 0.2) is 47.8 Å². The van der Waals surface area contributed by atoms with Crippen molar-refractivity contribution in [1.29, 1.82) is 0 Å². The molecular weight excluding hydrogens is 362 g/mol. The molecule has 1 aliphatic heterocycles. The second-order valence-corrected chi connectivity index (χ2v) is 7.90. The van der Waals surface area contributed by atoms with Crippen LogP contribution < -0.4 is 10.6 Å². The highest BCUT2D eigenvalue weighted by Gasteiger charge is 2.39. The summed E-state index contributed by atoms with van der Waals surface area (Å²) in [6.45, 7) is 3.77. The van der Waals surface area contributed by atoms with Gasteiger partial charge in [0.1, 0.15) is 12.6 Å². The van der Waals surface area contributed by atoms with Crippen LogP contribution in [-0.4, -0.2) is 35.3 Å². The summed E-state index contributed by atoms with van der Waals surface area (Å²) in [5, 5.41) is 7.58. The van der Waals surface area contributed by atoms with E-state index >= 15 is 0 Å². The predicted molar refractivity (Wildman–Crippen MR) is 104 cm³/mol. The van der Waals surface area contributed by atoms with Gasteiger partial charge in [-0.25, -0.2) is 4.79 Å². The van der Waals surface area contributed by atoms with Crippen LogP contribution in [0.2, 0.25) is 0 Å². The topological polar surface area (TPSA) is 78.5 Å². The molecule has 0 unspecified atom stereocenters. The van der Waals surface area contributed by atoms with Crippen molar-refractivity contribution >= 4 is 29.2 Å². The Morgan fingerprint density at radius 3 is 2.56 bits per heavy atom. The summed E-state index contributed by atoms with van der Waals surface area (Å²) in [5.41, 5.74) is 0.958. The molecule has 0 saturated carbocycles. The molecule has 2 N–H and O–H groups in total. The minimum Gasteiger partial charge on any atom is -0.347 e. The molecule has 2 aromatic rings. The minimum absolute atomic E-state index is 0.140. The fourth-order valence-electron chi connectivity index (χ4n) is 3.11. The van der Waals surface area contributed by atoms with E-state index in [1.807, 2.05) is 61.7 Å². The molecule has 0 bridgehead atoms. The summed E-state index contributed by atoms with van der Waals surface area (Å²) in [4.78, 5) is 39.3. The zero-order valence-electron chi connectivity index (χ0n) is 15.3. The molecule has 7 heteroatoms. The van der Waals surface area contributed by atoms with Crippen LogP contribution in [0.25, 0.3) is 0 Å². The number of benzene rings is 1. The number of hydrogen-bond acceptors (Lipinski definition) is 4. The first-order valence-electron chi connectivity index (χ1n) is 8.94. The van der Waals surface area contributed by atoms with Gasteiger partial charge >= 0.3 is 6.03 Å². The number of imide groups is 1. The van der Waals surface area contributed by atoms with Crippen molar-refractivity contribution < 1.29 is 14.4 Å². The highest BCUT2D eigenvalue weighted by molar-refractivity contribution is 7.10. The number of hydrogen-bond donors (Lipinski definition) is 2. The van der Waals surface area contributed by atoms with Gasteiger partial charge in [-0.05, 0) is 22.9 Å². The Morgan fingerprint density at radius 2 is 1.93 bits per heavy atom. The fraction of sp³-hybridized carbons (Fsp3) is 0.350. The van der Waals surface area contributed by atoms with Gasteiger partial charge in [-0.15, -0.1) is 11.3 Å². The van der Waals surface area contributed by atoms with Crippen molar-refractivity contribution in [1.82, 2.24) is 15.5 Å². The lowest BCUT2D eigenvalue weighted by atomic mass is 10.0. The van der Waals surface area contributed by atoms with Crippen LogP contribution >= 0.6 is 11.3 Å². The molecule has 6 nitrogen and oxygen atoms in total. The smallest absolute Gasteiger partial charge is 0.325 e. The first-order valence-corrected chi connectivity index (χ1v) is 9.82. The van der Waals surface area contributed by atoms with Gasteiger partial charge in [0.25, 0.3) is 5.91 Å². The third-order valence-electron chi connectivity index (χ3n) is 4.52. The highest BCUT2D eigenvalue weighted by atomic mass is 32.1. The third-order valence-corrected chi connectivity index (χ3v) is 5.48. The maximum absolute atomic E-state index is 12.6. The van der Waals surface area contributed by atoms with Crippen molar-refractivity contribution in [3.63, 3.8) is 0 Å².